The van der Waals surface area contributed by atoms with Crippen LogP contribution in [0.15, 0.2) is 24.3 Å². The molecule has 1 saturated carbocycles. The number of hydrogen-bond donors (Lipinski definition) is 1. The van der Waals surface area contributed by atoms with E-state index >= 15 is 0 Å². The summed E-state index contributed by atoms with van der Waals surface area (Å²) in [7, 11) is 1.49. The van der Waals surface area contributed by atoms with Gasteiger partial charge in [0.1, 0.15) is 6.07 Å². The number of nitrogens with one attached hydrogen (secondary N) is 1. The van der Waals surface area contributed by atoms with Crippen molar-refractivity contribution in [3.63, 3.8) is 0 Å². The molecule has 1 aliphatic rings. The number of hydrogen-bond acceptors (Lipinski definition) is 6. The lowest BCUT2D eigenvalue weighted by Gasteiger charge is -2.34. The second-order valence-electron chi connectivity index (χ2n) is 7.24. The molecule has 0 radical (unpaired) electrons. The Morgan fingerprint density at radius 3 is 2.79 bits per heavy atom. The van der Waals surface area contributed by atoms with Crippen LogP contribution in [0.5, 0.6) is 11.5 Å². The van der Waals surface area contributed by atoms with Crippen LogP contribution in [-0.2, 0) is 14.3 Å². The third kappa shape index (κ3) is 6.83. The molecule has 7 nitrogen and oxygen atoms in total. The van der Waals surface area contributed by atoms with E-state index in [-0.39, 0.29) is 25.2 Å². The minimum atomic E-state index is -0.603. The molecule has 1 aromatic carbocycles. The van der Waals surface area contributed by atoms with E-state index < -0.39 is 5.97 Å². The summed E-state index contributed by atoms with van der Waals surface area (Å²) in [6.07, 6.45) is 6.05. The molecule has 3 unspecified atom stereocenters. The zero-order chi connectivity index (χ0) is 21.2. The topological polar surface area (TPSA) is 97.7 Å². The Balaban J connectivity index is 1.83. The van der Waals surface area contributed by atoms with Crippen molar-refractivity contribution in [2.75, 3.05) is 20.3 Å². The Morgan fingerprint density at radius 1 is 1.28 bits per heavy atom. The summed E-state index contributed by atoms with van der Waals surface area (Å²) in [6.45, 7) is 3.96. The molecule has 1 amide bonds. The Hall–Kier alpha value is -3.01. The van der Waals surface area contributed by atoms with Crippen LogP contribution in [0.2, 0.25) is 0 Å². The fourth-order valence-electron chi connectivity index (χ4n) is 3.40. The highest BCUT2D eigenvalue weighted by molar-refractivity contribution is 5.89. The van der Waals surface area contributed by atoms with Crippen molar-refractivity contribution in [1.82, 2.24) is 5.32 Å². The van der Waals surface area contributed by atoms with Crippen LogP contribution in [-0.4, -0.2) is 38.2 Å². The molecule has 1 aromatic rings. The smallest absolute Gasteiger partial charge is 0.331 e. The van der Waals surface area contributed by atoms with Crippen LogP contribution in [0, 0.1) is 23.2 Å². The molecule has 0 bridgehead atoms. The van der Waals surface area contributed by atoms with E-state index in [2.05, 4.69) is 19.2 Å². The van der Waals surface area contributed by atoms with E-state index in [1.165, 1.54) is 19.6 Å². The Kier molecular flexibility index (Phi) is 8.53. The third-order valence-corrected chi connectivity index (χ3v) is 5.29. The molecule has 1 N–H and O–H groups in total. The standard InChI is InChI=1S/C22H28N2O5/c1-15-5-4-6-18(16(15)2)24-21(25)14-29-22(26)10-8-17-7-9-19(28-12-11-23)20(13-17)27-3/h7-10,13,15-16,18H,4-6,12,14H2,1-3H3,(H,24,25)/b10-8+. The summed E-state index contributed by atoms with van der Waals surface area (Å²) in [5, 5.41) is 11.6. The number of carbonyl (C=O) groups excluding carboxylic acids is 2. The van der Waals surface area contributed by atoms with Crippen molar-refractivity contribution in [2.24, 2.45) is 11.8 Å². The number of amides is 1. The molecule has 0 spiro atoms. The first-order valence-electron chi connectivity index (χ1n) is 9.76. The molecular weight excluding hydrogens is 372 g/mol. The lowest BCUT2D eigenvalue weighted by atomic mass is 9.78. The van der Waals surface area contributed by atoms with Crippen LogP contribution in [0.1, 0.15) is 38.7 Å². The first-order chi connectivity index (χ1) is 13.9. The molecule has 1 aliphatic carbocycles. The number of ether oxygens (including phenoxy) is 3. The van der Waals surface area contributed by atoms with Gasteiger partial charge in [-0.05, 0) is 42.0 Å². The molecule has 0 aromatic heterocycles. The molecule has 0 saturated heterocycles. The molecule has 0 aliphatic heterocycles. The first kappa shape index (κ1) is 22.3. The second kappa shape index (κ2) is 11.1. The summed E-state index contributed by atoms with van der Waals surface area (Å²) in [5.74, 6) is 1.00. The van der Waals surface area contributed by atoms with Crippen molar-refractivity contribution >= 4 is 18.0 Å². The largest absolute Gasteiger partial charge is 0.493 e. The van der Waals surface area contributed by atoms with Gasteiger partial charge in [-0.15, -0.1) is 0 Å². The minimum absolute atomic E-state index is 0.0848. The zero-order valence-electron chi connectivity index (χ0n) is 17.1. The van der Waals surface area contributed by atoms with Crippen LogP contribution >= 0.6 is 0 Å². The van der Waals surface area contributed by atoms with Gasteiger partial charge in [0.25, 0.3) is 5.91 Å². The summed E-state index contributed by atoms with van der Waals surface area (Å²) in [4.78, 5) is 24.0. The van der Waals surface area contributed by atoms with Gasteiger partial charge < -0.3 is 19.5 Å². The van der Waals surface area contributed by atoms with Crippen LogP contribution in [0.25, 0.3) is 6.08 Å². The van der Waals surface area contributed by atoms with Crippen LogP contribution in [0.3, 0.4) is 0 Å². The van der Waals surface area contributed by atoms with Gasteiger partial charge in [-0.2, -0.15) is 5.26 Å². The van der Waals surface area contributed by atoms with Crippen molar-refractivity contribution in [3.8, 4) is 17.6 Å². The van der Waals surface area contributed by atoms with Gasteiger partial charge in [-0.25, -0.2) is 4.79 Å². The van der Waals surface area contributed by atoms with E-state index in [1.54, 1.807) is 24.3 Å². The fraction of sp³-hybridized carbons (Fsp3) is 0.500. The molecule has 3 atom stereocenters. The maximum Gasteiger partial charge on any atom is 0.331 e. The number of nitrogens with zero attached hydrogens (tertiary/aromatic N) is 1. The number of esters is 1. The molecule has 7 heteroatoms. The van der Waals surface area contributed by atoms with Crippen molar-refractivity contribution in [1.29, 1.82) is 5.26 Å². The number of benzene rings is 1. The van der Waals surface area contributed by atoms with Gasteiger partial charge in [0.2, 0.25) is 0 Å². The number of nitriles is 1. The average molecular weight is 400 g/mol. The maximum atomic E-state index is 12.1. The highest BCUT2D eigenvalue weighted by Crippen LogP contribution is 2.29. The van der Waals surface area contributed by atoms with Gasteiger partial charge in [0, 0.05) is 12.1 Å². The third-order valence-electron chi connectivity index (χ3n) is 5.29. The maximum absolute atomic E-state index is 12.1. The summed E-state index contributed by atoms with van der Waals surface area (Å²) in [6, 6.07) is 7.07. The van der Waals surface area contributed by atoms with E-state index in [9.17, 15) is 9.59 Å². The SMILES string of the molecule is COc1cc(/C=C/C(=O)OCC(=O)NC2CCCC(C)C2C)ccc1OCC#N. The summed E-state index contributed by atoms with van der Waals surface area (Å²) >= 11 is 0. The Labute approximate surface area is 171 Å². The van der Waals surface area contributed by atoms with E-state index in [1.807, 2.05) is 6.07 Å². The van der Waals surface area contributed by atoms with E-state index in [0.29, 0.717) is 28.9 Å². The van der Waals surface area contributed by atoms with E-state index in [4.69, 9.17) is 19.5 Å². The average Bonchev–Trinajstić information content (AvgIpc) is 2.72. The van der Waals surface area contributed by atoms with Crippen molar-refractivity contribution in [3.05, 3.63) is 29.8 Å². The molecule has 156 valence electrons. The van der Waals surface area contributed by atoms with Crippen molar-refractivity contribution < 1.29 is 23.8 Å². The number of carbonyl (C=O) groups is 2. The van der Waals surface area contributed by atoms with Gasteiger partial charge in [-0.1, -0.05) is 32.8 Å². The monoisotopic (exact) mass is 400 g/mol. The second-order valence-corrected chi connectivity index (χ2v) is 7.24. The highest BCUT2D eigenvalue weighted by Gasteiger charge is 2.28. The summed E-state index contributed by atoms with van der Waals surface area (Å²) in [5.41, 5.74) is 0.692. The molecule has 29 heavy (non-hydrogen) atoms. The predicted octanol–water partition coefficient (Wildman–Crippen LogP) is 3.09. The predicted molar refractivity (Wildman–Crippen MR) is 108 cm³/mol. The van der Waals surface area contributed by atoms with E-state index in [0.717, 1.165) is 12.8 Å². The lowest BCUT2D eigenvalue weighted by Crippen LogP contribution is -2.45. The Morgan fingerprint density at radius 2 is 2.07 bits per heavy atom. The molecular formula is C22H28N2O5. The zero-order valence-corrected chi connectivity index (χ0v) is 17.1. The lowest BCUT2D eigenvalue weighted by molar-refractivity contribution is -0.144. The quantitative estimate of drug-likeness (QED) is 0.532. The first-order valence-corrected chi connectivity index (χ1v) is 9.76. The normalized spacial score (nSPS) is 21.2. The van der Waals surface area contributed by atoms with Gasteiger partial charge in [0.15, 0.2) is 24.7 Å². The highest BCUT2D eigenvalue weighted by atomic mass is 16.5. The molecule has 1 fully saturated rings. The van der Waals surface area contributed by atoms with Crippen LogP contribution < -0.4 is 14.8 Å². The summed E-state index contributed by atoms with van der Waals surface area (Å²) < 4.78 is 15.5. The fourth-order valence-corrected chi connectivity index (χ4v) is 3.40. The number of methoxy groups -OCH3 is 1. The van der Waals surface area contributed by atoms with Gasteiger partial charge in [0.05, 0.1) is 7.11 Å². The number of rotatable bonds is 8. The van der Waals surface area contributed by atoms with Crippen molar-refractivity contribution in [2.45, 2.75) is 39.2 Å². The molecule has 0 heterocycles. The van der Waals surface area contributed by atoms with Gasteiger partial charge >= 0.3 is 5.97 Å². The van der Waals surface area contributed by atoms with Crippen LogP contribution in [0.4, 0.5) is 0 Å². The Bertz CT molecular complexity index is 784. The van der Waals surface area contributed by atoms with Gasteiger partial charge in [-0.3, -0.25) is 4.79 Å². The molecule has 2 rings (SSSR count). The minimum Gasteiger partial charge on any atom is -0.493 e.